The van der Waals surface area contributed by atoms with Gasteiger partial charge in [0.1, 0.15) is 30.1 Å². The second-order valence-electron chi connectivity index (χ2n) is 8.51. The second kappa shape index (κ2) is 16.0. The standard InChI is InChI=1S/C24H38N4O9/c25-6-9-33-11-13-35-14-12-34-10-7-28-15-19(26-27-28)18-3-1-17(2-4-18)5-8-36-24-23(32)22(31)21(30)20(16-29)37-24/h1-4,15,20-24,29-32H,5-14,16,25H2/t20-,21-,22+,23-,24-/m1/s1. The van der Waals surface area contributed by atoms with Crippen LogP contribution in [0.4, 0.5) is 0 Å². The Hall–Kier alpha value is -2.04. The number of aromatic nitrogens is 3. The zero-order chi connectivity index (χ0) is 26.5. The molecule has 208 valence electrons. The van der Waals surface area contributed by atoms with Crippen LogP contribution in [0.15, 0.2) is 30.5 Å². The zero-order valence-corrected chi connectivity index (χ0v) is 20.8. The van der Waals surface area contributed by atoms with Crippen LogP contribution in [0.1, 0.15) is 5.56 Å². The molecule has 1 aliphatic rings. The summed E-state index contributed by atoms with van der Waals surface area (Å²) >= 11 is 0. The lowest BCUT2D eigenvalue weighted by atomic mass is 9.99. The first kappa shape index (κ1) is 29.5. The third kappa shape index (κ3) is 9.33. The molecule has 1 aromatic heterocycles. The molecule has 1 saturated heterocycles. The topological polar surface area (TPSA) is 184 Å². The van der Waals surface area contributed by atoms with Crippen molar-refractivity contribution in [1.29, 1.82) is 0 Å². The van der Waals surface area contributed by atoms with Gasteiger partial charge in [-0.2, -0.15) is 0 Å². The van der Waals surface area contributed by atoms with Gasteiger partial charge in [0.05, 0.1) is 65.6 Å². The molecule has 0 saturated carbocycles. The highest BCUT2D eigenvalue weighted by molar-refractivity contribution is 5.57. The number of nitrogens with two attached hydrogens (primary N) is 1. The van der Waals surface area contributed by atoms with Crippen LogP contribution in [-0.2, 0) is 36.6 Å². The predicted octanol–water partition coefficient (Wildman–Crippen LogP) is -1.69. The average molecular weight is 527 g/mol. The Morgan fingerprint density at radius 1 is 0.865 bits per heavy atom. The fraction of sp³-hybridized carbons (Fsp3) is 0.667. The Bertz CT molecular complexity index is 883. The summed E-state index contributed by atoms with van der Waals surface area (Å²) in [5, 5.41) is 47.3. The van der Waals surface area contributed by atoms with E-state index in [0.717, 1.165) is 16.8 Å². The maximum absolute atomic E-state index is 10.0. The van der Waals surface area contributed by atoms with Gasteiger partial charge in [0, 0.05) is 12.1 Å². The number of hydrogen-bond acceptors (Lipinski definition) is 12. The van der Waals surface area contributed by atoms with E-state index in [1.165, 1.54) is 0 Å². The largest absolute Gasteiger partial charge is 0.394 e. The number of aliphatic hydroxyl groups excluding tert-OH is 4. The summed E-state index contributed by atoms with van der Waals surface area (Å²) in [6.07, 6.45) is -4.02. The molecule has 1 fully saturated rings. The van der Waals surface area contributed by atoms with Crippen molar-refractivity contribution in [2.45, 2.75) is 43.7 Å². The Kier molecular flexibility index (Phi) is 12.8. The third-order valence-electron chi connectivity index (χ3n) is 5.78. The quantitative estimate of drug-likeness (QED) is 0.148. The molecule has 5 atom stereocenters. The van der Waals surface area contributed by atoms with Crippen LogP contribution in [-0.4, -0.2) is 126 Å². The van der Waals surface area contributed by atoms with E-state index in [4.69, 9.17) is 29.4 Å². The van der Waals surface area contributed by atoms with Crippen molar-refractivity contribution in [3.8, 4) is 11.3 Å². The van der Waals surface area contributed by atoms with Gasteiger partial charge < -0.3 is 49.8 Å². The summed E-state index contributed by atoms with van der Waals surface area (Å²) in [5.74, 6) is 0. The van der Waals surface area contributed by atoms with Crippen molar-refractivity contribution in [3.63, 3.8) is 0 Å². The van der Waals surface area contributed by atoms with Crippen molar-refractivity contribution in [3.05, 3.63) is 36.0 Å². The Balaban J connectivity index is 1.33. The van der Waals surface area contributed by atoms with Gasteiger partial charge in [0.15, 0.2) is 6.29 Å². The summed E-state index contributed by atoms with van der Waals surface area (Å²) in [4.78, 5) is 0. The van der Waals surface area contributed by atoms with Crippen molar-refractivity contribution in [2.24, 2.45) is 5.73 Å². The van der Waals surface area contributed by atoms with Crippen molar-refractivity contribution in [2.75, 3.05) is 59.4 Å². The van der Waals surface area contributed by atoms with Crippen LogP contribution in [0.2, 0.25) is 0 Å². The first-order valence-electron chi connectivity index (χ1n) is 12.4. The summed E-state index contributed by atoms with van der Waals surface area (Å²) in [6.45, 7) is 3.84. The van der Waals surface area contributed by atoms with E-state index in [1.54, 1.807) is 4.68 Å². The van der Waals surface area contributed by atoms with Crippen LogP contribution in [0.5, 0.6) is 0 Å². The maximum Gasteiger partial charge on any atom is 0.186 e. The fourth-order valence-electron chi connectivity index (χ4n) is 3.66. The minimum atomic E-state index is -1.46. The Morgan fingerprint density at radius 2 is 1.54 bits per heavy atom. The van der Waals surface area contributed by atoms with Crippen molar-refractivity contribution >= 4 is 0 Å². The lowest BCUT2D eigenvalue weighted by Crippen LogP contribution is -2.59. The van der Waals surface area contributed by atoms with E-state index < -0.39 is 37.3 Å². The molecule has 6 N–H and O–H groups in total. The molecule has 3 rings (SSSR count). The molecule has 2 aromatic rings. The normalized spacial score (nSPS) is 24.0. The molecule has 0 unspecified atom stereocenters. The van der Waals surface area contributed by atoms with Gasteiger partial charge in [-0.15, -0.1) is 5.10 Å². The monoisotopic (exact) mass is 526 g/mol. The van der Waals surface area contributed by atoms with Gasteiger partial charge in [0.2, 0.25) is 0 Å². The first-order valence-corrected chi connectivity index (χ1v) is 12.4. The number of benzene rings is 1. The highest BCUT2D eigenvalue weighted by atomic mass is 16.7. The minimum absolute atomic E-state index is 0.214. The van der Waals surface area contributed by atoms with Crippen molar-refractivity contribution in [1.82, 2.24) is 15.0 Å². The highest BCUT2D eigenvalue weighted by Crippen LogP contribution is 2.22. The molecular weight excluding hydrogens is 488 g/mol. The van der Waals surface area contributed by atoms with E-state index in [9.17, 15) is 20.4 Å². The van der Waals surface area contributed by atoms with Crippen LogP contribution in [0, 0.1) is 0 Å². The molecule has 37 heavy (non-hydrogen) atoms. The molecule has 0 aliphatic carbocycles. The van der Waals surface area contributed by atoms with Crippen LogP contribution < -0.4 is 5.73 Å². The number of nitrogens with zero attached hydrogens (tertiary/aromatic N) is 3. The van der Waals surface area contributed by atoms with Gasteiger partial charge in [-0.1, -0.05) is 29.5 Å². The van der Waals surface area contributed by atoms with E-state index in [-0.39, 0.29) is 6.61 Å². The zero-order valence-electron chi connectivity index (χ0n) is 20.8. The van der Waals surface area contributed by atoms with Gasteiger partial charge in [-0.25, -0.2) is 4.68 Å². The molecule has 0 amide bonds. The van der Waals surface area contributed by atoms with Crippen LogP contribution in [0.3, 0.4) is 0 Å². The van der Waals surface area contributed by atoms with Gasteiger partial charge in [0.25, 0.3) is 0 Å². The maximum atomic E-state index is 10.0. The summed E-state index contributed by atoms with van der Waals surface area (Å²) in [6, 6.07) is 7.75. The van der Waals surface area contributed by atoms with Crippen molar-refractivity contribution < 1.29 is 44.1 Å². The summed E-state index contributed by atoms with van der Waals surface area (Å²) < 4.78 is 28.8. The minimum Gasteiger partial charge on any atom is -0.394 e. The lowest BCUT2D eigenvalue weighted by molar-refractivity contribution is -0.300. The number of rotatable bonds is 17. The number of ether oxygens (including phenoxy) is 5. The Morgan fingerprint density at radius 3 is 2.22 bits per heavy atom. The first-order chi connectivity index (χ1) is 18.0. The molecule has 13 nitrogen and oxygen atoms in total. The summed E-state index contributed by atoms with van der Waals surface area (Å²) in [7, 11) is 0. The molecule has 1 aliphatic heterocycles. The molecule has 2 heterocycles. The lowest BCUT2D eigenvalue weighted by Gasteiger charge is -2.39. The summed E-state index contributed by atoms with van der Waals surface area (Å²) in [5.41, 5.74) is 7.98. The molecule has 0 spiro atoms. The molecular formula is C24H38N4O9. The number of aliphatic hydroxyl groups is 4. The Labute approximate surface area is 215 Å². The van der Waals surface area contributed by atoms with Crippen LogP contribution >= 0.6 is 0 Å². The van der Waals surface area contributed by atoms with E-state index in [0.29, 0.717) is 59.2 Å². The van der Waals surface area contributed by atoms with E-state index >= 15 is 0 Å². The molecule has 1 aromatic carbocycles. The smallest absolute Gasteiger partial charge is 0.186 e. The fourth-order valence-corrected chi connectivity index (χ4v) is 3.66. The number of hydrogen-bond donors (Lipinski definition) is 5. The van der Waals surface area contributed by atoms with Gasteiger partial charge >= 0.3 is 0 Å². The van der Waals surface area contributed by atoms with Crippen LogP contribution in [0.25, 0.3) is 11.3 Å². The predicted molar refractivity (Wildman–Crippen MR) is 130 cm³/mol. The van der Waals surface area contributed by atoms with Gasteiger partial charge in [-0.3, -0.25) is 0 Å². The molecule has 13 heteroatoms. The SMILES string of the molecule is NCCOCCOCCOCCn1cc(-c2ccc(CCO[C@@H]3O[C@H](CO)[C@@H](O)[C@H](O)[C@H]3O)cc2)nn1. The molecule has 0 bridgehead atoms. The van der Waals surface area contributed by atoms with E-state index in [1.807, 2.05) is 30.5 Å². The average Bonchev–Trinajstić information content (AvgIpc) is 3.39. The second-order valence-corrected chi connectivity index (χ2v) is 8.51. The highest BCUT2D eigenvalue weighted by Gasteiger charge is 2.43. The van der Waals surface area contributed by atoms with E-state index in [2.05, 4.69) is 10.3 Å². The molecule has 0 radical (unpaired) electrons. The third-order valence-corrected chi connectivity index (χ3v) is 5.78. The van der Waals surface area contributed by atoms with Gasteiger partial charge in [-0.05, 0) is 12.0 Å².